The molecule has 0 spiro atoms. The average Bonchev–Trinajstić information content (AvgIpc) is 3.46. The summed E-state index contributed by atoms with van der Waals surface area (Å²) in [5.41, 5.74) is 3.69. The van der Waals surface area contributed by atoms with Crippen LogP contribution in [0.5, 0.6) is 11.5 Å². The quantitative estimate of drug-likeness (QED) is 0.163. The van der Waals surface area contributed by atoms with Gasteiger partial charge in [-0.3, -0.25) is 19.9 Å². The Morgan fingerprint density at radius 3 is 2.33 bits per heavy atom. The molecule has 4 N–H and O–H groups in total. The van der Waals surface area contributed by atoms with Gasteiger partial charge in [0.25, 0.3) is 0 Å². The molecule has 0 unspecified atom stereocenters. The molecule has 0 bridgehead atoms. The van der Waals surface area contributed by atoms with Crippen molar-refractivity contribution in [1.82, 2.24) is 25.4 Å². The Hall–Kier alpha value is -5.71. The summed E-state index contributed by atoms with van der Waals surface area (Å²) < 4.78 is 7.96. The molecule has 0 atom stereocenters. The molecule has 0 radical (unpaired) electrons. The van der Waals surface area contributed by atoms with E-state index in [0.717, 1.165) is 27.7 Å². The molecule has 4 amide bonds. The number of urea groups is 1. The Morgan fingerprint density at radius 1 is 0.870 bits per heavy atom. The Kier molecular flexibility index (Phi) is 9.31. The number of anilines is 2. The van der Waals surface area contributed by atoms with Crippen molar-refractivity contribution in [2.75, 3.05) is 24.2 Å². The molecule has 0 saturated carbocycles. The van der Waals surface area contributed by atoms with Gasteiger partial charge in [-0.1, -0.05) is 62.7 Å². The van der Waals surface area contributed by atoms with E-state index in [4.69, 9.17) is 9.84 Å². The van der Waals surface area contributed by atoms with Crippen molar-refractivity contribution in [2.45, 2.75) is 39.5 Å². The van der Waals surface area contributed by atoms with Gasteiger partial charge in [-0.05, 0) is 37.3 Å². The molecule has 3 aromatic carbocycles. The molecule has 2 heterocycles. The summed E-state index contributed by atoms with van der Waals surface area (Å²) >= 11 is 0. The van der Waals surface area contributed by atoms with Crippen LogP contribution in [0, 0.1) is 6.92 Å². The number of carbonyl (C=O) groups is 3. The first-order chi connectivity index (χ1) is 22.0. The first-order valence-electron chi connectivity index (χ1n) is 14.9. The van der Waals surface area contributed by atoms with Crippen molar-refractivity contribution in [1.29, 1.82) is 0 Å². The number of nitrogens with zero attached hydrogens (tertiary/aromatic N) is 3. The zero-order valence-electron chi connectivity index (χ0n) is 26.5. The van der Waals surface area contributed by atoms with Gasteiger partial charge in [-0.25, -0.2) is 9.48 Å². The number of aryl methyl sites for hydroxylation is 1. The number of amides is 4. The molecule has 0 aliphatic rings. The molecular weight excluding hydrogens is 582 g/mol. The fourth-order valence-electron chi connectivity index (χ4n) is 4.70. The van der Waals surface area contributed by atoms with E-state index < -0.39 is 6.03 Å². The van der Waals surface area contributed by atoms with E-state index >= 15 is 0 Å². The fourth-order valence-corrected chi connectivity index (χ4v) is 4.70. The van der Waals surface area contributed by atoms with Crippen molar-refractivity contribution in [3.05, 3.63) is 102 Å². The number of fused-ring (bicyclic) bond motifs is 1. The van der Waals surface area contributed by atoms with E-state index in [-0.39, 0.29) is 30.2 Å². The number of hydrogen-bond acceptors (Lipinski definition) is 6. The number of hydrogen-bond donors (Lipinski definition) is 4. The summed E-state index contributed by atoms with van der Waals surface area (Å²) in [6.07, 6.45) is 1.55. The normalized spacial score (nSPS) is 11.2. The van der Waals surface area contributed by atoms with Gasteiger partial charge in [0, 0.05) is 41.6 Å². The van der Waals surface area contributed by atoms with Gasteiger partial charge in [-0.15, -0.1) is 0 Å². The summed E-state index contributed by atoms with van der Waals surface area (Å²) in [4.78, 5) is 41.3. The highest BCUT2D eigenvalue weighted by atomic mass is 16.5. The lowest BCUT2D eigenvalue weighted by Gasteiger charge is -2.14. The highest BCUT2D eigenvalue weighted by Crippen LogP contribution is 2.35. The van der Waals surface area contributed by atoms with Crippen molar-refractivity contribution >= 4 is 40.1 Å². The lowest BCUT2D eigenvalue weighted by Crippen LogP contribution is -2.36. The highest BCUT2D eigenvalue weighted by molar-refractivity contribution is 6.07. The van der Waals surface area contributed by atoms with Crippen molar-refractivity contribution in [3.63, 3.8) is 0 Å². The number of rotatable bonds is 9. The monoisotopic (exact) mass is 619 g/mol. The number of benzene rings is 3. The second-order valence-corrected chi connectivity index (χ2v) is 11.9. The third-order valence-corrected chi connectivity index (χ3v) is 7.21. The second-order valence-electron chi connectivity index (χ2n) is 11.9. The van der Waals surface area contributed by atoms with Crippen LogP contribution in [0.2, 0.25) is 0 Å². The first-order valence-corrected chi connectivity index (χ1v) is 14.9. The largest absolute Gasteiger partial charge is 0.457 e. The van der Waals surface area contributed by atoms with Gasteiger partial charge in [0.15, 0.2) is 0 Å². The van der Waals surface area contributed by atoms with Crippen LogP contribution in [0.15, 0.2) is 85.1 Å². The topological polar surface area (TPSA) is 139 Å². The zero-order valence-corrected chi connectivity index (χ0v) is 26.5. The van der Waals surface area contributed by atoms with Gasteiger partial charge < -0.3 is 20.7 Å². The van der Waals surface area contributed by atoms with Gasteiger partial charge >= 0.3 is 6.03 Å². The number of carbonyl (C=O) groups excluding carboxylic acids is 3. The van der Waals surface area contributed by atoms with E-state index in [1.54, 1.807) is 35.1 Å². The lowest BCUT2D eigenvalue weighted by atomic mass is 9.92. The van der Waals surface area contributed by atoms with Crippen LogP contribution in [0.1, 0.15) is 37.7 Å². The molecule has 5 rings (SSSR count). The molecule has 0 saturated heterocycles. The Morgan fingerprint density at radius 2 is 1.61 bits per heavy atom. The Balaban J connectivity index is 1.34. The van der Waals surface area contributed by atoms with E-state index in [1.807, 2.05) is 61.5 Å². The van der Waals surface area contributed by atoms with E-state index in [2.05, 4.69) is 47.0 Å². The maximum Gasteiger partial charge on any atom is 0.324 e. The highest BCUT2D eigenvalue weighted by Gasteiger charge is 2.22. The summed E-state index contributed by atoms with van der Waals surface area (Å²) in [6.45, 7) is 8.15. The third-order valence-electron chi connectivity index (χ3n) is 7.21. The summed E-state index contributed by atoms with van der Waals surface area (Å²) in [7, 11) is 1.50. The van der Waals surface area contributed by atoms with Gasteiger partial charge in [0.2, 0.25) is 11.8 Å². The van der Waals surface area contributed by atoms with E-state index in [1.165, 1.54) is 7.05 Å². The van der Waals surface area contributed by atoms with Crippen LogP contribution >= 0.6 is 0 Å². The summed E-state index contributed by atoms with van der Waals surface area (Å²) in [5, 5.41) is 17.3. The van der Waals surface area contributed by atoms with Crippen molar-refractivity contribution in [3.8, 4) is 17.2 Å². The maximum atomic E-state index is 13.4. The molecule has 11 nitrogen and oxygen atoms in total. The molecule has 0 fully saturated rings. The van der Waals surface area contributed by atoms with Gasteiger partial charge in [0.1, 0.15) is 17.3 Å². The molecule has 46 heavy (non-hydrogen) atoms. The molecule has 11 heteroatoms. The van der Waals surface area contributed by atoms with Crippen LogP contribution in [0.3, 0.4) is 0 Å². The fraction of sp³-hybridized carbons (Fsp3) is 0.229. The molecule has 0 aliphatic heterocycles. The number of nitrogens with one attached hydrogen (secondary N) is 4. The zero-order chi connectivity index (χ0) is 32.8. The van der Waals surface area contributed by atoms with Crippen molar-refractivity contribution in [2.24, 2.45) is 0 Å². The van der Waals surface area contributed by atoms with Crippen LogP contribution in [0.25, 0.3) is 16.5 Å². The lowest BCUT2D eigenvalue weighted by molar-refractivity contribution is -0.125. The first kappa shape index (κ1) is 31.7. The molecule has 0 aliphatic carbocycles. The van der Waals surface area contributed by atoms with Crippen molar-refractivity contribution < 1.29 is 19.1 Å². The minimum Gasteiger partial charge on any atom is -0.457 e. The number of aromatic nitrogens is 3. The number of pyridine rings is 1. The van der Waals surface area contributed by atoms with E-state index in [0.29, 0.717) is 28.7 Å². The minimum absolute atomic E-state index is 0.00697. The summed E-state index contributed by atoms with van der Waals surface area (Å²) in [6, 6.07) is 24.0. The smallest absolute Gasteiger partial charge is 0.324 e. The van der Waals surface area contributed by atoms with Gasteiger partial charge in [0.05, 0.1) is 35.7 Å². The maximum absolute atomic E-state index is 13.4. The predicted octanol–water partition coefficient (Wildman–Crippen LogP) is 5.87. The SMILES string of the molecule is CNC(=O)CNC(=O)Cc1cc(Oc2ccc(NC(=O)Nc3cc(C(C)(C)C)nn3-c3ccc(C)cc3)c3ccccc23)ccn1. The Labute approximate surface area is 267 Å². The van der Waals surface area contributed by atoms with Crippen LogP contribution in [0.4, 0.5) is 16.3 Å². The molecule has 5 aromatic rings. The van der Waals surface area contributed by atoms with Crippen LogP contribution in [-0.2, 0) is 21.4 Å². The average molecular weight is 620 g/mol. The third kappa shape index (κ3) is 7.68. The molecule has 2 aromatic heterocycles. The second kappa shape index (κ2) is 13.5. The molecular formula is C35H37N7O4. The standard InChI is InChI=1S/C35H37N7O4/c1-22-10-12-24(13-11-22)42-31(20-30(41-42)35(2,3)4)40-34(45)39-28-14-15-29(27-9-7-6-8-26(27)28)46-25-16-17-37-23(18-25)19-32(43)38-21-33(44)36-5/h6-18,20H,19,21H2,1-5H3,(H,36,44)(H,38,43)(H2,39,40,45). The van der Waals surface area contributed by atoms with E-state index in [9.17, 15) is 14.4 Å². The van der Waals surface area contributed by atoms with Crippen LogP contribution in [-0.4, -0.2) is 46.2 Å². The van der Waals surface area contributed by atoms with Crippen LogP contribution < -0.4 is 26.0 Å². The number of likely N-dealkylation sites (N-methyl/N-ethyl adjacent to an activating group) is 1. The number of ether oxygens (including phenoxy) is 1. The summed E-state index contributed by atoms with van der Waals surface area (Å²) in [5.74, 6) is 0.987. The molecule has 236 valence electrons. The predicted molar refractivity (Wildman–Crippen MR) is 179 cm³/mol. The van der Waals surface area contributed by atoms with Gasteiger partial charge in [-0.2, -0.15) is 5.10 Å². The Bertz CT molecular complexity index is 1890. The minimum atomic E-state index is -0.416.